The molecule has 0 fully saturated rings. The van der Waals surface area contributed by atoms with Crippen molar-refractivity contribution < 1.29 is 5.11 Å². The molecular weight excluding hydrogens is 432 g/mol. The first-order chi connectivity index (χ1) is 14.1. The number of hydrogen-bond acceptors (Lipinski definition) is 6. The molecule has 0 aromatic carbocycles. The molecule has 0 spiro atoms. The van der Waals surface area contributed by atoms with Gasteiger partial charge in [-0.25, -0.2) is 4.98 Å². The average Bonchev–Trinajstić information content (AvgIpc) is 3.12. The molecule has 0 unspecified atom stereocenters. The topological polar surface area (TPSA) is 78.6 Å². The Morgan fingerprint density at radius 3 is 2.97 bits per heavy atom. The van der Waals surface area contributed by atoms with Crippen molar-refractivity contribution in [3.05, 3.63) is 83.4 Å². The smallest absolute Gasteiger partial charge is 0.173 e. The fourth-order valence-corrected chi connectivity index (χ4v) is 3.10. The van der Waals surface area contributed by atoms with E-state index >= 15 is 0 Å². The molecule has 3 aromatic rings. The highest BCUT2D eigenvalue weighted by atomic mass is 79.9. The van der Waals surface area contributed by atoms with Gasteiger partial charge in [0.25, 0.3) is 0 Å². The Morgan fingerprint density at radius 1 is 1.38 bits per heavy atom. The molecule has 0 aliphatic heterocycles. The zero-order chi connectivity index (χ0) is 20.6. The van der Waals surface area contributed by atoms with E-state index in [1.54, 1.807) is 16.9 Å². The van der Waals surface area contributed by atoms with Crippen LogP contribution in [0.1, 0.15) is 12.5 Å². The lowest BCUT2D eigenvalue weighted by molar-refractivity contribution is 0.304. The van der Waals surface area contributed by atoms with E-state index in [1.165, 1.54) is 0 Å². The van der Waals surface area contributed by atoms with Crippen LogP contribution < -0.4 is 10.2 Å². The summed E-state index contributed by atoms with van der Waals surface area (Å²) in [5.74, 6) is 1.43. The van der Waals surface area contributed by atoms with Crippen LogP contribution in [0.2, 0.25) is 0 Å². The summed E-state index contributed by atoms with van der Waals surface area (Å²) < 4.78 is 2.52. The van der Waals surface area contributed by atoms with Crippen LogP contribution in [0.5, 0.6) is 0 Å². The van der Waals surface area contributed by atoms with E-state index < -0.39 is 0 Å². The van der Waals surface area contributed by atoms with Crippen LogP contribution >= 0.6 is 15.9 Å². The molecule has 2 N–H and O–H groups in total. The Hall–Kier alpha value is -2.97. The maximum atomic E-state index is 9.57. The number of nitrogens with zero attached hydrogens (tertiary/aromatic N) is 5. The molecule has 8 heteroatoms. The first-order valence-electron chi connectivity index (χ1n) is 9.17. The number of allylic oxidation sites excluding steroid dienone is 4. The van der Waals surface area contributed by atoms with Crippen molar-refractivity contribution in [2.75, 3.05) is 23.4 Å². The van der Waals surface area contributed by atoms with Gasteiger partial charge in [0.2, 0.25) is 0 Å². The summed E-state index contributed by atoms with van der Waals surface area (Å²) in [6.07, 6.45) is 12.9. The van der Waals surface area contributed by atoms with Gasteiger partial charge in [-0.15, -0.1) is 0 Å². The van der Waals surface area contributed by atoms with E-state index in [4.69, 9.17) is 4.98 Å². The number of pyridine rings is 1. The second-order valence-electron chi connectivity index (χ2n) is 6.19. The van der Waals surface area contributed by atoms with E-state index in [2.05, 4.69) is 37.9 Å². The van der Waals surface area contributed by atoms with Crippen LogP contribution in [-0.2, 0) is 6.54 Å². The molecule has 3 aromatic heterocycles. The van der Waals surface area contributed by atoms with Crippen LogP contribution in [0, 0.1) is 0 Å². The second-order valence-corrected chi connectivity index (χ2v) is 7.05. The Balaban J connectivity index is 1.97. The highest BCUT2D eigenvalue weighted by molar-refractivity contribution is 9.10. The summed E-state index contributed by atoms with van der Waals surface area (Å²) in [4.78, 5) is 10.7. The van der Waals surface area contributed by atoms with E-state index in [-0.39, 0.29) is 6.61 Å². The van der Waals surface area contributed by atoms with Crippen molar-refractivity contribution in [1.29, 1.82) is 0 Å². The Labute approximate surface area is 178 Å². The number of fused-ring (bicyclic) bond motifs is 1. The third-order valence-electron chi connectivity index (χ3n) is 4.15. The number of hydrogen-bond donors (Lipinski definition) is 2. The second kappa shape index (κ2) is 9.99. The molecule has 150 valence electrons. The predicted molar refractivity (Wildman–Crippen MR) is 120 cm³/mol. The van der Waals surface area contributed by atoms with Crippen LogP contribution in [0.15, 0.2) is 77.8 Å². The molecule has 0 amide bonds. The fraction of sp³-hybridized carbons (Fsp3) is 0.190. The molecule has 3 heterocycles. The molecule has 0 radical (unpaired) electrons. The van der Waals surface area contributed by atoms with Gasteiger partial charge < -0.3 is 15.3 Å². The van der Waals surface area contributed by atoms with Crippen LogP contribution in [0.3, 0.4) is 0 Å². The van der Waals surface area contributed by atoms with Gasteiger partial charge in [0.15, 0.2) is 5.65 Å². The number of aliphatic hydroxyl groups is 1. The van der Waals surface area contributed by atoms with Crippen LogP contribution in [0.25, 0.3) is 5.65 Å². The average molecular weight is 455 g/mol. The number of nitrogens with one attached hydrogen (secondary N) is 1. The number of aromatic nitrogens is 4. The fourth-order valence-electron chi connectivity index (χ4n) is 2.76. The lowest BCUT2D eigenvalue weighted by atomic mass is 10.3. The third-order valence-corrected chi connectivity index (χ3v) is 4.71. The summed E-state index contributed by atoms with van der Waals surface area (Å²) in [5, 5.41) is 17.4. The highest BCUT2D eigenvalue weighted by Crippen LogP contribution is 2.26. The minimum absolute atomic E-state index is 0.0256. The SMILES string of the molecule is C=C(/C=C\C=C/C)N(CCO)c1cc(NCc2cccnc2)n2ncc(Br)c2n1. The molecule has 0 aliphatic carbocycles. The van der Waals surface area contributed by atoms with Gasteiger partial charge in [0.05, 0.1) is 17.3 Å². The molecule has 0 aliphatic rings. The lowest BCUT2D eigenvalue weighted by Gasteiger charge is -2.24. The van der Waals surface area contributed by atoms with Crippen molar-refractivity contribution in [1.82, 2.24) is 19.6 Å². The lowest BCUT2D eigenvalue weighted by Crippen LogP contribution is -2.26. The number of halogens is 1. The van der Waals surface area contributed by atoms with Gasteiger partial charge in [0, 0.05) is 37.2 Å². The van der Waals surface area contributed by atoms with Gasteiger partial charge in [-0.05, 0) is 40.6 Å². The first kappa shape index (κ1) is 20.8. The Morgan fingerprint density at radius 2 is 2.24 bits per heavy atom. The largest absolute Gasteiger partial charge is 0.395 e. The van der Waals surface area contributed by atoms with Crippen LogP contribution in [-0.4, -0.2) is 37.8 Å². The standard InChI is InChI=1S/C21H23BrN6O/c1-3-4-5-7-16(2)27(10-11-29)20-12-19(24-14-17-8-6-9-23-13-17)28-21(26-20)18(22)15-25-28/h3-9,12-13,15,24,29H,2,10-11,14H2,1H3/b4-3-,7-5-. The van der Waals surface area contributed by atoms with Crippen molar-refractivity contribution in [3.63, 3.8) is 0 Å². The quantitative estimate of drug-likeness (QED) is 0.476. The molecule has 0 bridgehead atoms. The van der Waals surface area contributed by atoms with E-state index in [0.29, 0.717) is 24.6 Å². The third kappa shape index (κ3) is 5.10. The minimum Gasteiger partial charge on any atom is -0.395 e. The monoisotopic (exact) mass is 454 g/mol. The summed E-state index contributed by atoms with van der Waals surface area (Å²) in [6.45, 7) is 7.01. The van der Waals surface area contributed by atoms with Crippen molar-refractivity contribution in [2.45, 2.75) is 13.5 Å². The van der Waals surface area contributed by atoms with E-state index in [1.807, 2.05) is 60.5 Å². The predicted octanol–water partition coefficient (Wildman–Crippen LogP) is 3.94. The zero-order valence-electron chi connectivity index (χ0n) is 16.2. The van der Waals surface area contributed by atoms with E-state index in [0.717, 1.165) is 21.6 Å². The first-order valence-corrected chi connectivity index (χ1v) is 9.97. The Kier molecular flexibility index (Phi) is 7.15. The van der Waals surface area contributed by atoms with Crippen LogP contribution in [0.4, 0.5) is 11.6 Å². The highest BCUT2D eigenvalue weighted by Gasteiger charge is 2.16. The summed E-state index contributed by atoms with van der Waals surface area (Å²) in [6, 6.07) is 5.80. The summed E-state index contributed by atoms with van der Waals surface area (Å²) in [7, 11) is 0. The van der Waals surface area contributed by atoms with Crippen molar-refractivity contribution in [3.8, 4) is 0 Å². The molecular formula is C21H23BrN6O. The molecule has 0 atom stereocenters. The van der Waals surface area contributed by atoms with Crippen molar-refractivity contribution >= 4 is 33.2 Å². The van der Waals surface area contributed by atoms with Gasteiger partial charge in [-0.3, -0.25) is 4.98 Å². The summed E-state index contributed by atoms with van der Waals surface area (Å²) >= 11 is 3.51. The number of anilines is 2. The molecule has 7 nitrogen and oxygen atoms in total. The molecule has 0 saturated carbocycles. The van der Waals surface area contributed by atoms with Gasteiger partial charge >= 0.3 is 0 Å². The van der Waals surface area contributed by atoms with E-state index in [9.17, 15) is 5.11 Å². The van der Waals surface area contributed by atoms with Crippen molar-refractivity contribution in [2.24, 2.45) is 0 Å². The maximum Gasteiger partial charge on any atom is 0.173 e. The molecule has 29 heavy (non-hydrogen) atoms. The van der Waals surface area contributed by atoms with Gasteiger partial charge in [0.1, 0.15) is 11.6 Å². The molecule has 0 saturated heterocycles. The van der Waals surface area contributed by atoms with Gasteiger partial charge in [-0.1, -0.05) is 30.9 Å². The Bertz CT molecular complexity index is 1030. The van der Waals surface area contributed by atoms with Gasteiger partial charge in [-0.2, -0.15) is 9.61 Å². The number of rotatable bonds is 9. The summed E-state index contributed by atoms with van der Waals surface area (Å²) in [5.41, 5.74) is 2.45. The maximum absolute atomic E-state index is 9.57. The molecule has 3 rings (SSSR count). The number of aliphatic hydroxyl groups excluding tert-OH is 1. The minimum atomic E-state index is -0.0256. The zero-order valence-corrected chi connectivity index (χ0v) is 17.7. The normalized spacial score (nSPS) is 11.6.